The van der Waals surface area contributed by atoms with Gasteiger partial charge in [-0.25, -0.2) is 19.8 Å². The molecule has 2 aromatic heterocycles. The Kier molecular flexibility index (Phi) is 7.48. The van der Waals surface area contributed by atoms with Crippen molar-refractivity contribution in [3.63, 3.8) is 0 Å². The summed E-state index contributed by atoms with van der Waals surface area (Å²) in [5.41, 5.74) is 8.52. The van der Waals surface area contributed by atoms with E-state index in [1.54, 1.807) is 6.33 Å². The van der Waals surface area contributed by atoms with E-state index in [1.165, 1.54) is 6.42 Å². The van der Waals surface area contributed by atoms with Gasteiger partial charge in [0, 0.05) is 29.5 Å². The number of amidine groups is 1. The predicted molar refractivity (Wildman–Crippen MR) is 159 cm³/mol. The lowest BCUT2D eigenvalue weighted by atomic mass is 9.94. The Morgan fingerprint density at radius 3 is 2.49 bits per heavy atom. The van der Waals surface area contributed by atoms with Gasteiger partial charge in [0.1, 0.15) is 6.33 Å². The van der Waals surface area contributed by atoms with E-state index < -0.39 is 5.91 Å². The molecule has 3 heterocycles. The fraction of sp³-hybridized carbons (Fsp3) is 0.438. The average Bonchev–Trinajstić information content (AvgIpc) is 3.64. The fourth-order valence-electron chi connectivity index (χ4n) is 6.06. The minimum absolute atomic E-state index is 0.0678. The molecule has 9 nitrogen and oxygen atoms in total. The highest BCUT2D eigenvalue weighted by atomic mass is 16.8. The van der Waals surface area contributed by atoms with E-state index in [4.69, 9.17) is 4.84 Å². The van der Waals surface area contributed by atoms with Crippen LogP contribution in [0.2, 0.25) is 0 Å². The lowest BCUT2D eigenvalue weighted by molar-refractivity contribution is -0.230. The van der Waals surface area contributed by atoms with Gasteiger partial charge >= 0.3 is 0 Å². The fourth-order valence-corrected chi connectivity index (χ4v) is 6.06. The molecule has 0 spiro atoms. The largest absolute Gasteiger partial charge is 0.346 e. The van der Waals surface area contributed by atoms with Gasteiger partial charge in [-0.15, -0.1) is 0 Å². The van der Waals surface area contributed by atoms with Gasteiger partial charge in [0.25, 0.3) is 11.5 Å². The summed E-state index contributed by atoms with van der Waals surface area (Å²) in [6, 6.07) is 16.4. The van der Waals surface area contributed by atoms with Crippen LogP contribution < -0.4 is 11.0 Å². The number of aliphatic imine (C=N–C) groups is 1. The highest BCUT2D eigenvalue weighted by molar-refractivity contribution is 6.04. The van der Waals surface area contributed by atoms with Gasteiger partial charge in [-0.05, 0) is 36.0 Å². The highest BCUT2D eigenvalue weighted by Gasteiger charge is 2.38. The smallest absolute Gasteiger partial charge is 0.293 e. The van der Waals surface area contributed by atoms with Crippen molar-refractivity contribution < 1.29 is 9.94 Å². The molecule has 2 N–H and O–H groups in total. The SMILES string of the molecule is CCCc1c(Cc2ccc(-c3ccccc3C3=NC(O)(C(C)C)ON3)cc2)c(=O)n(C2CCCCC2)c2ncnn12. The number of rotatable bonds is 8. The van der Waals surface area contributed by atoms with Crippen LogP contribution in [-0.4, -0.2) is 36.0 Å². The molecule has 1 unspecified atom stereocenters. The summed E-state index contributed by atoms with van der Waals surface area (Å²) in [6.07, 6.45) is 9.28. The summed E-state index contributed by atoms with van der Waals surface area (Å²) < 4.78 is 3.82. The van der Waals surface area contributed by atoms with E-state index in [2.05, 4.69) is 51.7 Å². The maximum absolute atomic E-state index is 14.1. The Morgan fingerprint density at radius 2 is 1.80 bits per heavy atom. The molecule has 0 bridgehead atoms. The summed E-state index contributed by atoms with van der Waals surface area (Å²) >= 11 is 0. The molecule has 0 radical (unpaired) electrons. The Morgan fingerprint density at radius 1 is 1.07 bits per heavy atom. The molecule has 0 saturated heterocycles. The highest BCUT2D eigenvalue weighted by Crippen LogP contribution is 2.31. The lowest BCUT2D eigenvalue weighted by Gasteiger charge is -2.25. The Labute approximate surface area is 239 Å². The molecule has 6 rings (SSSR count). The number of hydrogen-bond acceptors (Lipinski definition) is 7. The van der Waals surface area contributed by atoms with Crippen molar-refractivity contribution in [2.45, 2.75) is 84.1 Å². The van der Waals surface area contributed by atoms with Crippen LogP contribution in [-0.2, 0) is 17.7 Å². The van der Waals surface area contributed by atoms with E-state index >= 15 is 0 Å². The Bertz CT molecular complexity index is 1630. The third-order valence-electron chi connectivity index (χ3n) is 8.40. The van der Waals surface area contributed by atoms with Gasteiger partial charge in [0.2, 0.25) is 5.78 Å². The molecule has 9 heteroatoms. The van der Waals surface area contributed by atoms with Crippen molar-refractivity contribution in [1.82, 2.24) is 24.6 Å². The van der Waals surface area contributed by atoms with Crippen LogP contribution in [0.15, 0.2) is 64.6 Å². The normalized spacial score (nSPS) is 19.6. The van der Waals surface area contributed by atoms with Gasteiger partial charge in [-0.2, -0.15) is 10.1 Å². The molecule has 4 aromatic rings. The van der Waals surface area contributed by atoms with Crippen molar-refractivity contribution in [2.75, 3.05) is 0 Å². The van der Waals surface area contributed by atoms with Gasteiger partial charge in [-0.3, -0.25) is 9.36 Å². The monoisotopic (exact) mass is 554 g/mol. The molecular formula is C32H38N6O3. The summed E-state index contributed by atoms with van der Waals surface area (Å²) in [4.78, 5) is 28.5. The third-order valence-corrected chi connectivity index (χ3v) is 8.40. The van der Waals surface area contributed by atoms with Gasteiger partial charge in [-0.1, -0.05) is 95.0 Å². The minimum Gasteiger partial charge on any atom is -0.346 e. The second-order valence-corrected chi connectivity index (χ2v) is 11.5. The number of aromatic nitrogens is 4. The molecular weight excluding hydrogens is 516 g/mol. The minimum atomic E-state index is -1.60. The first-order chi connectivity index (χ1) is 19.9. The molecule has 41 heavy (non-hydrogen) atoms. The van der Waals surface area contributed by atoms with E-state index in [0.717, 1.165) is 72.0 Å². The number of hydrogen-bond donors (Lipinski definition) is 2. The second-order valence-electron chi connectivity index (χ2n) is 11.5. The molecule has 1 saturated carbocycles. The van der Waals surface area contributed by atoms with Crippen molar-refractivity contribution in [3.8, 4) is 11.1 Å². The standard InChI is InChI=1S/C32H38N6O3/c1-4-10-28-27(30(39)37(24-11-6-5-7-12-24)31-33-20-34-38(28)31)19-22-15-17-23(18-16-22)25-13-8-9-14-26(25)29-35-32(40,21(2)3)41-36-29/h8-9,13-18,20-21,24,40H,4-7,10-12,19H2,1-3H3,(H,35,36). The van der Waals surface area contributed by atoms with E-state index in [0.29, 0.717) is 18.0 Å². The van der Waals surface area contributed by atoms with Crippen molar-refractivity contribution >= 4 is 11.6 Å². The van der Waals surface area contributed by atoms with Crippen molar-refractivity contribution in [1.29, 1.82) is 0 Å². The number of nitrogens with one attached hydrogen (secondary N) is 1. The molecule has 1 atom stereocenters. The van der Waals surface area contributed by atoms with Crippen LogP contribution in [0.1, 0.15) is 87.7 Å². The molecule has 1 aliphatic heterocycles. The number of fused-ring (bicyclic) bond motifs is 1. The maximum atomic E-state index is 14.1. The number of benzene rings is 2. The zero-order valence-corrected chi connectivity index (χ0v) is 24.0. The molecule has 214 valence electrons. The Hall–Kier alpha value is -3.82. The average molecular weight is 555 g/mol. The number of aryl methyl sites for hydroxylation is 1. The maximum Gasteiger partial charge on any atom is 0.293 e. The quantitative estimate of drug-likeness (QED) is 0.311. The van der Waals surface area contributed by atoms with Gasteiger partial charge in [0.05, 0.1) is 5.69 Å². The zero-order valence-electron chi connectivity index (χ0n) is 24.0. The van der Waals surface area contributed by atoms with Crippen LogP contribution in [0.3, 0.4) is 0 Å². The van der Waals surface area contributed by atoms with E-state index in [9.17, 15) is 9.90 Å². The first kappa shape index (κ1) is 27.4. The molecule has 1 fully saturated rings. The van der Waals surface area contributed by atoms with Gasteiger partial charge in [0.15, 0.2) is 5.84 Å². The number of hydroxylamine groups is 1. The molecule has 0 amide bonds. The van der Waals surface area contributed by atoms with E-state index in [-0.39, 0.29) is 17.5 Å². The Balaban J connectivity index is 1.35. The topological polar surface area (TPSA) is 106 Å². The van der Waals surface area contributed by atoms with Crippen LogP contribution in [0.4, 0.5) is 0 Å². The molecule has 2 aliphatic rings. The molecule has 1 aliphatic carbocycles. The summed E-state index contributed by atoms with van der Waals surface area (Å²) in [6.45, 7) is 5.84. The van der Waals surface area contributed by atoms with Crippen LogP contribution in [0.5, 0.6) is 0 Å². The zero-order chi connectivity index (χ0) is 28.6. The van der Waals surface area contributed by atoms with Crippen LogP contribution in [0, 0.1) is 5.92 Å². The van der Waals surface area contributed by atoms with Gasteiger partial charge < -0.3 is 5.11 Å². The summed E-state index contributed by atoms with van der Waals surface area (Å²) in [5, 5.41) is 15.2. The summed E-state index contributed by atoms with van der Waals surface area (Å²) in [5.74, 6) is -0.651. The first-order valence-corrected chi connectivity index (χ1v) is 14.8. The lowest BCUT2D eigenvalue weighted by Crippen LogP contribution is -2.35. The second kappa shape index (κ2) is 11.2. The van der Waals surface area contributed by atoms with Crippen LogP contribution >= 0.6 is 0 Å². The molecule has 2 aromatic carbocycles. The first-order valence-electron chi connectivity index (χ1n) is 14.8. The number of aliphatic hydroxyl groups is 1. The van der Waals surface area contributed by atoms with E-state index in [1.807, 2.05) is 47.2 Å². The van der Waals surface area contributed by atoms with Crippen molar-refractivity contribution in [2.24, 2.45) is 10.9 Å². The third kappa shape index (κ3) is 5.08. The number of nitrogens with zero attached hydrogens (tertiary/aromatic N) is 5. The summed E-state index contributed by atoms with van der Waals surface area (Å²) in [7, 11) is 0. The van der Waals surface area contributed by atoms with Crippen LogP contribution in [0.25, 0.3) is 16.9 Å². The van der Waals surface area contributed by atoms with Crippen molar-refractivity contribution in [3.05, 3.63) is 87.6 Å². The predicted octanol–water partition coefficient (Wildman–Crippen LogP) is 5.19.